The molecule has 2 aliphatic rings. The number of ether oxygens (including phenoxy) is 1. The van der Waals surface area contributed by atoms with Crippen LogP contribution in [0.2, 0.25) is 0 Å². The van der Waals surface area contributed by atoms with E-state index < -0.39 is 11.6 Å². The van der Waals surface area contributed by atoms with Gasteiger partial charge < -0.3 is 25.7 Å². The molecule has 5 rings (SSSR count). The molecule has 1 fully saturated rings. The number of aryl methyl sites for hydroxylation is 1. The Labute approximate surface area is 212 Å². The van der Waals surface area contributed by atoms with E-state index in [-0.39, 0.29) is 17.2 Å². The molecule has 3 aromatic rings. The maximum absolute atomic E-state index is 13.8. The molecule has 0 saturated carbocycles. The van der Waals surface area contributed by atoms with E-state index in [4.69, 9.17) is 10.5 Å². The number of benzene rings is 2. The SMILES string of the molecule is COc1ccc2[nH]cc(CC(NC(=O)C(C)(C)N)C(=O)N3CCC4(CCc5ccccc54)CC3)c2c1. The Bertz CT molecular complexity index is 1280. The Hall–Kier alpha value is -3.32. The van der Waals surface area contributed by atoms with Crippen molar-refractivity contribution >= 4 is 22.7 Å². The maximum atomic E-state index is 13.8. The molecule has 1 spiro atoms. The number of methoxy groups -OCH3 is 1. The number of nitrogens with zero attached hydrogens (tertiary/aromatic N) is 1. The fourth-order valence-corrected chi connectivity index (χ4v) is 5.88. The number of rotatable bonds is 6. The van der Waals surface area contributed by atoms with E-state index >= 15 is 0 Å². The van der Waals surface area contributed by atoms with Crippen LogP contribution in [0, 0.1) is 0 Å². The summed E-state index contributed by atoms with van der Waals surface area (Å²) in [6.07, 6.45) is 6.43. The molecule has 1 aromatic heterocycles. The first-order chi connectivity index (χ1) is 17.2. The zero-order valence-corrected chi connectivity index (χ0v) is 21.4. The van der Waals surface area contributed by atoms with Gasteiger partial charge in [-0.15, -0.1) is 0 Å². The number of amides is 2. The number of hydrogen-bond acceptors (Lipinski definition) is 4. The van der Waals surface area contributed by atoms with Gasteiger partial charge in [0.2, 0.25) is 11.8 Å². The molecular formula is C29H36N4O3. The number of carbonyl (C=O) groups is 2. The average molecular weight is 489 g/mol. The third-order valence-electron chi connectivity index (χ3n) is 8.08. The summed E-state index contributed by atoms with van der Waals surface area (Å²) in [6, 6.07) is 13.8. The van der Waals surface area contributed by atoms with Crippen LogP contribution in [0.25, 0.3) is 10.9 Å². The summed E-state index contributed by atoms with van der Waals surface area (Å²) in [6.45, 7) is 4.69. The maximum Gasteiger partial charge on any atom is 0.245 e. The first-order valence-corrected chi connectivity index (χ1v) is 12.8. The van der Waals surface area contributed by atoms with Crippen molar-refractivity contribution in [2.75, 3.05) is 20.2 Å². The number of hydrogen-bond donors (Lipinski definition) is 3. The van der Waals surface area contributed by atoms with Crippen molar-refractivity contribution < 1.29 is 14.3 Å². The average Bonchev–Trinajstić information content (AvgIpc) is 3.44. The highest BCUT2D eigenvalue weighted by Gasteiger charge is 2.42. The quantitative estimate of drug-likeness (QED) is 0.495. The van der Waals surface area contributed by atoms with Crippen molar-refractivity contribution in [2.24, 2.45) is 5.73 Å². The lowest BCUT2D eigenvalue weighted by Gasteiger charge is -2.41. The Morgan fingerprint density at radius 3 is 2.64 bits per heavy atom. The third kappa shape index (κ3) is 4.48. The van der Waals surface area contributed by atoms with Crippen molar-refractivity contribution in [3.05, 3.63) is 65.4 Å². The zero-order chi connectivity index (χ0) is 25.5. The van der Waals surface area contributed by atoms with Gasteiger partial charge in [-0.1, -0.05) is 24.3 Å². The van der Waals surface area contributed by atoms with Gasteiger partial charge in [0, 0.05) is 36.6 Å². The number of aromatic nitrogens is 1. The number of fused-ring (bicyclic) bond motifs is 3. The number of aromatic amines is 1. The molecule has 190 valence electrons. The fourth-order valence-electron chi connectivity index (χ4n) is 5.88. The van der Waals surface area contributed by atoms with Crippen LogP contribution in [0.15, 0.2) is 48.7 Å². The molecule has 1 aliphatic carbocycles. The lowest BCUT2D eigenvalue weighted by molar-refractivity contribution is -0.138. The highest BCUT2D eigenvalue weighted by Crippen LogP contribution is 2.46. The van der Waals surface area contributed by atoms with Crippen molar-refractivity contribution in [1.82, 2.24) is 15.2 Å². The predicted molar refractivity (Wildman–Crippen MR) is 141 cm³/mol. The Kier molecular flexibility index (Phi) is 6.29. The molecule has 1 saturated heterocycles. The molecule has 1 aliphatic heterocycles. The van der Waals surface area contributed by atoms with Crippen LogP contribution in [0.5, 0.6) is 5.75 Å². The van der Waals surface area contributed by atoms with Crippen molar-refractivity contribution in [1.29, 1.82) is 0 Å². The smallest absolute Gasteiger partial charge is 0.245 e. The number of H-pyrrole nitrogens is 1. The molecule has 0 radical (unpaired) electrons. The van der Waals surface area contributed by atoms with E-state index in [1.54, 1.807) is 21.0 Å². The van der Waals surface area contributed by atoms with E-state index in [0.29, 0.717) is 19.5 Å². The highest BCUT2D eigenvalue weighted by molar-refractivity contribution is 5.92. The molecule has 2 heterocycles. The van der Waals surface area contributed by atoms with Crippen molar-refractivity contribution in [2.45, 2.75) is 62.9 Å². The van der Waals surface area contributed by atoms with Crippen molar-refractivity contribution in [3.8, 4) is 5.75 Å². The summed E-state index contributed by atoms with van der Waals surface area (Å²) in [5.74, 6) is 0.360. The Morgan fingerprint density at radius 2 is 1.92 bits per heavy atom. The van der Waals surface area contributed by atoms with Crippen LogP contribution in [-0.4, -0.2) is 53.5 Å². The van der Waals surface area contributed by atoms with E-state index in [0.717, 1.165) is 47.9 Å². The van der Waals surface area contributed by atoms with E-state index in [9.17, 15) is 9.59 Å². The lowest BCUT2D eigenvalue weighted by atomic mass is 9.73. The zero-order valence-electron chi connectivity index (χ0n) is 21.4. The summed E-state index contributed by atoms with van der Waals surface area (Å²) < 4.78 is 5.40. The normalized spacial score (nSPS) is 17.7. The highest BCUT2D eigenvalue weighted by atomic mass is 16.5. The molecule has 2 aromatic carbocycles. The standard InChI is InChI=1S/C29H36N4O3/c1-28(2,30)27(35)32-25(16-20-18-31-24-9-8-21(36-3)17-22(20)24)26(34)33-14-12-29(13-15-33)11-10-19-6-4-5-7-23(19)29/h4-9,17-18,25,31H,10-16,30H2,1-3H3,(H,32,35). The van der Waals surface area contributed by atoms with E-state index in [1.807, 2.05) is 29.3 Å². The molecule has 0 bridgehead atoms. The number of nitrogens with two attached hydrogens (primary N) is 1. The van der Waals surface area contributed by atoms with Crippen LogP contribution in [0.1, 0.15) is 49.8 Å². The number of piperidine rings is 1. The van der Waals surface area contributed by atoms with Gasteiger partial charge in [0.05, 0.1) is 12.6 Å². The summed E-state index contributed by atoms with van der Waals surface area (Å²) >= 11 is 0. The monoisotopic (exact) mass is 488 g/mol. The van der Waals surface area contributed by atoms with Gasteiger partial charge in [-0.05, 0) is 79.8 Å². The van der Waals surface area contributed by atoms with Gasteiger partial charge in [0.1, 0.15) is 11.8 Å². The van der Waals surface area contributed by atoms with Crippen LogP contribution >= 0.6 is 0 Å². The second-order valence-corrected chi connectivity index (χ2v) is 10.9. The minimum atomic E-state index is -1.08. The summed E-state index contributed by atoms with van der Waals surface area (Å²) in [5, 5.41) is 3.94. The predicted octanol–water partition coefficient (Wildman–Crippen LogP) is 3.45. The number of likely N-dealkylation sites (tertiary alicyclic amines) is 1. The van der Waals surface area contributed by atoms with Crippen LogP contribution in [0.4, 0.5) is 0 Å². The van der Waals surface area contributed by atoms with Gasteiger partial charge in [0.15, 0.2) is 0 Å². The van der Waals surface area contributed by atoms with Gasteiger partial charge in [-0.25, -0.2) is 0 Å². The number of nitrogens with one attached hydrogen (secondary N) is 2. The summed E-state index contributed by atoms with van der Waals surface area (Å²) in [4.78, 5) is 31.9. The summed E-state index contributed by atoms with van der Waals surface area (Å²) in [7, 11) is 1.63. The molecule has 4 N–H and O–H groups in total. The molecule has 36 heavy (non-hydrogen) atoms. The Balaban J connectivity index is 1.37. The molecular weight excluding hydrogens is 452 g/mol. The second kappa shape index (κ2) is 9.28. The lowest BCUT2D eigenvalue weighted by Crippen LogP contribution is -2.58. The van der Waals surface area contributed by atoms with Crippen LogP contribution < -0.4 is 15.8 Å². The molecule has 7 nitrogen and oxygen atoms in total. The summed E-state index contributed by atoms with van der Waals surface area (Å²) in [5.41, 5.74) is 9.97. The van der Waals surface area contributed by atoms with Gasteiger partial charge in [-0.2, -0.15) is 0 Å². The molecule has 1 unspecified atom stereocenters. The topological polar surface area (TPSA) is 100 Å². The van der Waals surface area contributed by atoms with E-state index in [1.165, 1.54) is 11.1 Å². The Morgan fingerprint density at radius 1 is 1.17 bits per heavy atom. The minimum Gasteiger partial charge on any atom is -0.497 e. The van der Waals surface area contributed by atoms with E-state index in [2.05, 4.69) is 34.6 Å². The first-order valence-electron chi connectivity index (χ1n) is 12.8. The van der Waals surface area contributed by atoms with Crippen LogP contribution in [-0.2, 0) is 27.8 Å². The second-order valence-electron chi connectivity index (χ2n) is 10.9. The number of carbonyl (C=O) groups excluding carboxylic acids is 2. The van der Waals surface area contributed by atoms with Gasteiger partial charge in [-0.3, -0.25) is 9.59 Å². The third-order valence-corrected chi connectivity index (χ3v) is 8.08. The molecule has 2 amide bonds. The van der Waals surface area contributed by atoms with Gasteiger partial charge >= 0.3 is 0 Å². The minimum absolute atomic E-state index is 0.0500. The van der Waals surface area contributed by atoms with Crippen molar-refractivity contribution in [3.63, 3.8) is 0 Å². The largest absolute Gasteiger partial charge is 0.497 e. The molecule has 1 atom stereocenters. The molecule has 7 heteroatoms. The van der Waals surface area contributed by atoms with Gasteiger partial charge in [0.25, 0.3) is 0 Å². The first kappa shape index (κ1) is 24.4. The fraction of sp³-hybridized carbons (Fsp3) is 0.448. The van der Waals surface area contributed by atoms with Crippen LogP contribution in [0.3, 0.4) is 0 Å².